The highest BCUT2D eigenvalue weighted by Gasteiger charge is 2.26. The average molecular weight is 909 g/mol. The Morgan fingerprint density at radius 3 is 2.06 bits per heavy atom. The third-order valence-electron chi connectivity index (χ3n) is 7.80. The summed E-state index contributed by atoms with van der Waals surface area (Å²) in [7, 11) is 1.64. The van der Waals surface area contributed by atoms with Crippen LogP contribution in [0, 0.1) is 12.7 Å². The van der Waals surface area contributed by atoms with E-state index in [0.717, 1.165) is 91.4 Å². The first-order chi connectivity index (χ1) is 25.0. The molecule has 0 bridgehead atoms. The van der Waals surface area contributed by atoms with Crippen LogP contribution in [0.2, 0.25) is 0 Å². The quantitative estimate of drug-likeness (QED) is 0.120. The minimum absolute atomic E-state index is 0.0686. The minimum Gasteiger partial charge on any atom is -0.497 e. The monoisotopic (exact) mass is 906 g/mol. The second kappa shape index (κ2) is 17.1. The molecule has 1 aliphatic rings. The van der Waals surface area contributed by atoms with Gasteiger partial charge < -0.3 is 14.9 Å². The minimum atomic E-state index is -0.903. The molecule has 4 heterocycles. The Morgan fingerprint density at radius 1 is 0.827 bits per heavy atom. The molecule has 6 aromatic rings. The van der Waals surface area contributed by atoms with Gasteiger partial charge in [0, 0.05) is 9.75 Å². The molecule has 270 valence electrons. The van der Waals surface area contributed by atoms with Crippen molar-refractivity contribution in [3.05, 3.63) is 86.6 Å². The summed E-state index contributed by atoms with van der Waals surface area (Å²) in [4.78, 5) is 24.0. The van der Waals surface area contributed by atoms with Crippen molar-refractivity contribution >= 4 is 90.0 Å². The van der Waals surface area contributed by atoms with Gasteiger partial charge >= 0.3 is 11.9 Å². The summed E-state index contributed by atoms with van der Waals surface area (Å²) in [5, 5.41) is 37.1. The van der Waals surface area contributed by atoms with E-state index in [-0.39, 0.29) is 17.3 Å². The first-order valence-electron chi connectivity index (χ1n) is 15.6. The molecule has 0 fully saturated rings. The van der Waals surface area contributed by atoms with Gasteiger partial charge in [-0.1, -0.05) is 35.7 Å². The van der Waals surface area contributed by atoms with Crippen LogP contribution in [0.5, 0.6) is 5.75 Å². The average Bonchev–Trinajstić information content (AvgIpc) is 3.90. The van der Waals surface area contributed by atoms with Gasteiger partial charge in [-0.05, 0) is 135 Å². The van der Waals surface area contributed by atoms with Crippen molar-refractivity contribution in [1.29, 1.82) is 0 Å². The molecular weight excluding hydrogens is 879 g/mol. The van der Waals surface area contributed by atoms with Crippen LogP contribution in [0.15, 0.2) is 74.4 Å². The molecule has 2 aromatic carbocycles. The fourth-order valence-corrected chi connectivity index (χ4v) is 10.9. The van der Waals surface area contributed by atoms with E-state index < -0.39 is 11.9 Å². The van der Waals surface area contributed by atoms with E-state index in [4.69, 9.17) is 14.9 Å². The van der Waals surface area contributed by atoms with Crippen molar-refractivity contribution in [3.8, 4) is 36.6 Å². The number of rotatable bonds is 11. The maximum Gasteiger partial charge on any atom is 0.313 e. The van der Waals surface area contributed by atoms with Crippen LogP contribution < -0.4 is 4.74 Å². The zero-order valence-electron chi connectivity index (χ0n) is 27.5. The van der Waals surface area contributed by atoms with E-state index in [1.54, 1.807) is 41.9 Å². The number of aryl methyl sites for hydroxylation is 1. The van der Waals surface area contributed by atoms with Crippen LogP contribution in [-0.4, -0.2) is 70.3 Å². The maximum atomic E-state index is 13.8. The highest BCUT2D eigenvalue weighted by molar-refractivity contribution is 9.10. The lowest BCUT2D eigenvalue weighted by Crippen LogP contribution is -2.06. The van der Waals surface area contributed by atoms with Gasteiger partial charge in [0.1, 0.15) is 21.6 Å². The molecule has 0 saturated carbocycles. The number of methoxy groups -OCH3 is 1. The molecule has 0 radical (unpaired) electrons. The van der Waals surface area contributed by atoms with E-state index in [0.29, 0.717) is 19.8 Å². The second-order valence-electron chi connectivity index (χ2n) is 11.3. The topological polar surface area (TPSA) is 145 Å². The highest BCUT2D eigenvalue weighted by Crippen LogP contribution is 2.44. The molecule has 1 aliphatic carbocycles. The number of benzene rings is 2. The fraction of sp³-hybridized carbons (Fsp3) is 0.235. The fourth-order valence-electron chi connectivity index (χ4n) is 5.56. The number of carbonyl (C=O) groups is 2. The summed E-state index contributed by atoms with van der Waals surface area (Å²) in [6, 6.07) is 16.6. The number of carboxylic acids is 2. The summed E-state index contributed by atoms with van der Waals surface area (Å²) >= 11 is 12.3. The first kappa shape index (κ1) is 38.2. The van der Waals surface area contributed by atoms with Crippen LogP contribution >= 0.6 is 78.1 Å². The smallest absolute Gasteiger partial charge is 0.313 e. The third kappa shape index (κ3) is 8.63. The van der Waals surface area contributed by atoms with Crippen LogP contribution in [0.3, 0.4) is 0 Å². The van der Waals surface area contributed by atoms with Crippen LogP contribution in [-0.2, 0) is 22.4 Å². The molecule has 18 heteroatoms. The lowest BCUT2D eigenvalue weighted by atomic mass is 9.91. The molecular formula is C34H29Br2FN6O5S4. The standard InChI is InChI=1S/C18H15BrFN3O2S2.C16H14BrN3O3S2/c19-17-21-22-18(26-9-14(24)25)23(17)16-13-7-2-1-6-12(13)15(27-16)10-4-3-5-11(20)8-10;1-9-7-12(20-15(17)18-19-16(20)24-8-13(21)22)25-14(9)10-3-5-11(23-2)6-4-10/h3-5,8H,1-2,6-7,9H2,(H,24,25);3-7H,8H2,1-2H3,(H,21,22). The zero-order valence-corrected chi connectivity index (χ0v) is 33.9. The number of aromatic nitrogens is 6. The summed E-state index contributed by atoms with van der Waals surface area (Å²) in [5.41, 5.74) is 5.57. The first-order valence-corrected chi connectivity index (χ1v) is 20.8. The molecule has 0 saturated heterocycles. The van der Waals surface area contributed by atoms with Gasteiger partial charge in [0.15, 0.2) is 10.3 Å². The van der Waals surface area contributed by atoms with Crippen molar-refractivity contribution < 1.29 is 28.9 Å². The van der Waals surface area contributed by atoms with Crippen molar-refractivity contribution in [2.45, 2.75) is 42.9 Å². The maximum absolute atomic E-state index is 13.8. The van der Waals surface area contributed by atoms with Gasteiger partial charge in [-0.25, -0.2) is 4.39 Å². The number of hydrogen-bond donors (Lipinski definition) is 2. The predicted molar refractivity (Wildman–Crippen MR) is 209 cm³/mol. The van der Waals surface area contributed by atoms with Gasteiger partial charge in [-0.15, -0.1) is 43.1 Å². The van der Waals surface area contributed by atoms with Gasteiger partial charge in [0.2, 0.25) is 9.47 Å². The third-order valence-corrected chi connectivity index (χ3v) is 13.2. The molecule has 0 aliphatic heterocycles. The summed E-state index contributed by atoms with van der Waals surface area (Å²) in [6.45, 7) is 2.04. The Balaban J connectivity index is 0.000000179. The SMILES string of the molecule is COc1ccc(-c2sc(-n3c(Br)nnc3SCC(=O)O)cc2C)cc1.O=C(O)CSc1nnc(Br)n1-c1sc(-c2cccc(F)c2)c2c1CCCC2. The molecule has 0 amide bonds. The van der Waals surface area contributed by atoms with Gasteiger partial charge in [-0.2, -0.15) is 0 Å². The Kier molecular flexibility index (Phi) is 12.5. The van der Waals surface area contributed by atoms with Gasteiger partial charge in [-0.3, -0.25) is 18.7 Å². The number of ether oxygens (including phenoxy) is 1. The zero-order chi connectivity index (χ0) is 36.9. The number of thioether (sulfide) groups is 2. The highest BCUT2D eigenvalue weighted by atomic mass is 79.9. The number of aliphatic carboxylic acids is 2. The van der Waals surface area contributed by atoms with Gasteiger partial charge in [0.25, 0.3) is 0 Å². The van der Waals surface area contributed by atoms with E-state index >= 15 is 0 Å². The second-order valence-corrected chi connectivity index (χ2v) is 16.6. The number of hydrogen-bond acceptors (Lipinski definition) is 11. The Hall–Kier alpha value is -3.55. The molecule has 4 aromatic heterocycles. The number of thiophene rings is 2. The molecule has 7 rings (SSSR count). The molecule has 11 nitrogen and oxygen atoms in total. The summed E-state index contributed by atoms with van der Waals surface area (Å²) in [5.74, 6) is -1.39. The number of nitrogens with zero attached hydrogens (tertiary/aromatic N) is 6. The van der Waals surface area contributed by atoms with Crippen molar-refractivity contribution in [1.82, 2.24) is 29.5 Å². The van der Waals surface area contributed by atoms with E-state index in [1.807, 2.05) is 52.5 Å². The lowest BCUT2D eigenvalue weighted by Gasteiger charge is -2.15. The number of fused-ring (bicyclic) bond motifs is 1. The number of carboxylic acid groups (broad SMARTS) is 2. The van der Waals surface area contributed by atoms with E-state index in [1.165, 1.54) is 17.2 Å². The molecule has 52 heavy (non-hydrogen) atoms. The summed E-state index contributed by atoms with van der Waals surface area (Å²) in [6.07, 6.45) is 4.09. The van der Waals surface area contributed by atoms with Gasteiger partial charge in [0.05, 0.1) is 18.6 Å². The van der Waals surface area contributed by atoms with Crippen molar-refractivity contribution in [3.63, 3.8) is 0 Å². The Morgan fingerprint density at radius 2 is 1.44 bits per heavy atom. The van der Waals surface area contributed by atoms with E-state index in [2.05, 4.69) is 52.3 Å². The lowest BCUT2D eigenvalue weighted by molar-refractivity contribution is -0.134. The molecule has 0 unspecified atom stereocenters. The van der Waals surface area contributed by atoms with E-state index in [9.17, 15) is 14.0 Å². The van der Waals surface area contributed by atoms with Crippen molar-refractivity contribution in [2.24, 2.45) is 0 Å². The molecule has 0 spiro atoms. The largest absolute Gasteiger partial charge is 0.497 e. The van der Waals surface area contributed by atoms with Crippen LogP contribution in [0.25, 0.3) is 30.9 Å². The summed E-state index contributed by atoms with van der Waals surface area (Å²) < 4.78 is 23.8. The Bertz CT molecular complexity index is 2240. The van der Waals surface area contributed by atoms with Crippen molar-refractivity contribution in [2.75, 3.05) is 18.6 Å². The molecule has 0 atom stereocenters. The Labute approximate surface area is 330 Å². The van der Waals surface area contributed by atoms with Crippen LogP contribution in [0.1, 0.15) is 29.5 Å². The predicted octanol–water partition coefficient (Wildman–Crippen LogP) is 9.20. The van der Waals surface area contributed by atoms with Crippen LogP contribution in [0.4, 0.5) is 4.39 Å². The number of halogens is 3. The normalized spacial score (nSPS) is 12.2. The molecule has 2 N–H and O–H groups in total.